The zero-order valence-corrected chi connectivity index (χ0v) is 17.6. The number of amides is 1. The first-order chi connectivity index (χ1) is 13.7. The molecule has 0 radical (unpaired) electrons. The van der Waals surface area contributed by atoms with Crippen molar-refractivity contribution in [3.05, 3.63) is 67.8 Å². The van der Waals surface area contributed by atoms with Crippen molar-refractivity contribution >= 4 is 40.2 Å². The number of carbonyl (C=O) groups excluding carboxylic acids is 1. The second-order valence-electron chi connectivity index (χ2n) is 6.57. The first-order valence-electron chi connectivity index (χ1n) is 9.03. The maximum atomic E-state index is 12.9. The molecule has 1 aliphatic heterocycles. The van der Waals surface area contributed by atoms with Gasteiger partial charge in [-0.2, -0.15) is 0 Å². The minimum absolute atomic E-state index is 0.0536. The molecule has 1 amide bonds. The van der Waals surface area contributed by atoms with E-state index in [9.17, 15) is 4.79 Å². The molecular weight excluding hydrogens is 414 g/mol. The highest BCUT2D eigenvalue weighted by Gasteiger charge is 2.22. The van der Waals surface area contributed by atoms with Gasteiger partial charge >= 0.3 is 0 Å². The van der Waals surface area contributed by atoms with Crippen molar-refractivity contribution in [2.75, 3.05) is 26.2 Å². The van der Waals surface area contributed by atoms with Gasteiger partial charge in [-0.1, -0.05) is 17.7 Å². The van der Waals surface area contributed by atoms with Gasteiger partial charge < -0.3 is 9.64 Å². The number of halogens is 1. The van der Waals surface area contributed by atoms with Gasteiger partial charge in [0, 0.05) is 48.5 Å². The number of nitrogens with zero attached hydrogens (tertiary/aromatic N) is 3. The Morgan fingerprint density at radius 2 is 2.04 bits per heavy atom. The molecular formula is C20H20ClN3O2S2. The van der Waals surface area contributed by atoms with Crippen molar-refractivity contribution in [1.29, 1.82) is 0 Å². The average Bonchev–Trinajstić information content (AvgIpc) is 3.38. The number of piperazine rings is 1. The van der Waals surface area contributed by atoms with Crippen LogP contribution in [0.25, 0.3) is 0 Å². The van der Waals surface area contributed by atoms with E-state index in [1.807, 2.05) is 40.6 Å². The summed E-state index contributed by atoms with van der Waals surface area (Å²) in [6, 6.07) is 11.4. The van der Waals surface area contributed by atoms with E-state index in [-0.39, 0.29) is 5.91 Å². The molecule has 0 unspecified atom stereocenters. The van der Waals surface area contributed by atoms with E-state index in [2.05, 4.69) is 16.0 Å². The largest absolute Gasteiger partial charge is 0.487 e. The minimum Gasteiger partial charge on any atom is -0.487 e. The molecule has 0 atom stereocenters. The fourth-order valence-electron chi connectivity index (χ4n) is 3.13. The lowest BCUT2D eigenvalue weighted by molar-refractivity contribution is 0.0629. The van der Waals surface area contributed by atoms with Crippen molar-refractivity contribution in [1.82, 2.24) is 14.8 Å². The molecule has 8 heteroatoms. The molecule has 3 aromatic rings. The summed E-state index contributed by atoms with van der Waals surface area (Å²) in [5.41, 5.74) is 3.34. The number of hydrogen-bond donors (Lipinski definition) is 0. The molecule has 1 aromatic carbocycles. The van der Waals surface area contributed by atoms with Gasteiger partial charge in [0.1, 0.15) is 12.4 Å². The Balaban J connectivity index is 1.31. The number of hydrogen-bond acceptors (Lipinski definition) is 6. The molecule has 1 fully saturated rings. The number of benzene rings is 1. The predicted octanol–water partition coefficient (Wildman–Crippen LogP) is 4.40. The Hall–Kier alpha value is -1.93. The molecule has 2 aromatic heterocycles. The smallest absolute Gasteiger partial charge is 0.254 e. The van der Waals surface area contributed by atoms with Crippen molar-refractivity contribution in [3.8, 4) is 5.75 Å². The van der Waals surface area contributed by atoms with E-state index in [4.69, 9.17) is 16.3 Å². The average molecular weight is 434 g/mol. The van der Waals surface area contributed by atoms with Gasteiger partial charge in [0.05, 0.1) is 15.5 Å². The summed E-state index contributed by atoms with van der Waals surface area (Å²) < 4.78 is 6.59. The molecule has 0 saturated carbocycles. The van der Waals surface area contributed by atoms with Gasteiger partial charge in [0.25, 0.3) is 5.91 Å². The van der Waals surface area contributed by atoms with Gasteiger partial charge in [-0.05, 0) is 30.3 Å². The number of rotatable bonds is 6. The molecule has 4 rings (SSSR count). The molecule has 0 spiro atoms. The molecule has 1 aliphatic rings. The molecule has 1 saturated heterocycles. The van der Waals surface area contributed by atoms with Crippen molar-refractivity contribution in [2.45, 2.75) is 13.2 Å². The van der Waals surface area contributed by atoms with E-state index in [1.165, 1.54) is 4.88 Å². The fraction of sp³-hybridized carbons (Fsp3) is 0.300. The third-order valence-electron chi connectivity index (χ3n) is 4.62. The molecule has 0 aliphatic carbocycles. The first kappa shape index (κ1) is 19.4. The van der Waals surface area contributed by atoms with Crippen LogP contribution in [0.15, 0.2) is 47.3 Å². The van der Waals surface area contributed by atoms with Crippen molar-refractivity contribution < 1.29 is 9.53 Å². The SMILES string of the molecule is O=C(c1cccc(OCc2cscn2)c1)N1CCN(Cc2ccc(Cl)s2)CC1. The van der Waals surface area contributed by atoms with E-state index in [0.29, 0.717) is 17.9 Å². The van der Waals surface area contributed by atoms with E-state index in [0.717, 1.165) is 42.8 Å². The number of thiazole rings is 1. The Bertz CT molecular complexity index is 921. The lowest BCUT2D eigenvalue weighted by Gasteiger charge is -2.34. The maximum Gasteiger partial charge on any atom is 0.254 e. The minimum atomic E-state index is 0.0536. The van der Waals surface area contributed by atoms with Crippen molar-refractivity contribution in [3.63, 3.8) is 0 Å². The van der Waals surface area contributed by atoms with E-state index >= 15 is 0 Å². The lowest BCUT2D eigenvalue weighted by atomic mass is 10.1. The monoisotopic (exact) mass is 433 g/mol. The van der Waals surface area contributed by atoms with Crippen molar-refractivity contribution in [2.24, 2.45) is 0 Å². The molecule has 0 bridgehead atoms. The Kier molecular flexibility index (Phi) is 6.26. The highest BCUT2D eigenvalue weighted by atomic mass is 35.5. The maximum absolute atomic E-state index is 12.9. The van der Waals surface area contributed by atoms with Gasteiger partial charge in [0.2, 0.25) is 0 Å². The summed E-state index contributed by atoms with van der Waals surface area (Å²) >= 11 is 9.17. The van der Waals surface area contributed by atoms with Gasteiger partial charge in [-0.15, -0.1) is 22.7 Å². The van der Waals surface area contributed by atoms with Crippen LogP contribution in [0.4, 0.5) is 0 Å². The number of ether oxygens (including phenoxy) is 1. The Morgan fingerprint density at radius 3 is 2.75 bits per heavy atom. The van der Waals surface area contributed by atoms with E-state index in [1.54, 1.807) is 28.2 Å². The van der Waals surface area contributed by atoms with Crippen LogP contribution in [0.1, 0.15) is 20.9 Å². The van der Waals surface area contributed by atoms with Crippen LogP contribution in [0.2, 0.25) is 4.34 Å². The third kappa shape index (κ3) is 4.91. The standard InChI is InChI=1S/C20H20ClN3O2S2/c21-19-5-4-18(28-19)11-23-6-8-24(9-7-23)20(25)15-2-1-3-17(10-15)26-12-16-13-27-14-22-16/h1-5,10,13-14H,6-9,11-12H2. The van der Waals surface area contributed by atoms with E-state index < -0.39 is 0 Å². The number of carbonyl (C=O) groups is 1. The van der Waals surface area contributed by atoms with Crippen LogP contribution < -0.4 is 4.74 Å². The highest BCUT2D eigenvalue weighted by Crippen LogP contribution is 2.23. The van der Waals surface area contributed by atoms with Crippen LogP contribution in [0, 0.1) is 0 Å². The molecule has 146 valence electrons. The first-order valence-corrected chi connectivity index (χ1v) is 11.2. The normalized spacial score (nSPS) is 15.0. The van der Waals surface area contributed by atoms with Crippen LogP contribution in [-0.4, -0.2) is 46.9 Å². The second-order valence-corrected chi connectivity index (χ2v) is 9.09. The van der Waals surface area contributed by atoms with Gasteiger partial charge in [-0.3, -0.25) is 9.69 Å². The summed E-state index contributed by atoms with van der Waals surface area (Å²) in [6.07, 6.45) is 0. The molecule has 3 heterocycles. The highest BCUT2D eigenvalue weighted by molar-refractivity contribution is 7.16. The second kappa shape index (κ2) is 9.05. The number of thiophene rings is 1. The summed E-state index contributed by atoms with van der Waals surface area (Å²) in [5.74, 6) is 0.741. The third-order valence-corrected chi connectivity index (χ3v) is 6.47. The van der Waals surface area contributed by atoms with Gasteiger partial charge in [0.15, 0.2) is 0 Å². The summed E-state index contributed by atoms with van der Waals surface area (Å²) in [4.78, 5) is 22.6. The van der Waals surface area contributed by atoms with Crippen LogP contribution in [0.3, 0.4) is 0 Å². The summed E-state index contributed by atoms with van der Waals surface area (Å²) in [6.45, 7) is 4.47. The zero-order chi connectivity index (χ0) is 19.3. The quantitative estimate of drug-likeness (QED) is 0.578. The lowest BCUT2D eigenvalue weighted by Crippen LogP contribution is -2.48. The predicted molar refractivity (Wildman–Crippen MR) is 113 cm³/mol. The number of aromatic nitrogens is 1. The summed E-state index contributed by atoms with van der Waals surface area (Å²) in [5, 5.41) is 1.96. The van der Waals surface area contributed by atoms with Gasteiger partial charge in [-0.25, -0.2) is 4.98 Å². The van der Waals surface area contributed by atoms with Crippen LogP contribution in [-0.2, 0) is 13.2 Å². The molecule has 28 heavy (non-hydrogen) atoms. The topological polar surface area (TPSA) is 45.7 Å². The molecule has 5 nitrogen and oxygen atoms in total. The van der Waals surface area contributed by atoms with Crippen LogP contribution in [0.5, 0.6) is 5.75 Å². The zero-order valence-electron chi connectivity index (χ0n) is 15.2. The Labute approximate surface area is 177 Å². The Morgan fingerprint density at radius 1 is 1.18 bits per heavy atom. The summed E-state index contributed by atoms with van der Waals surface area (Å²) in [7, 11) is 0. The fourth-order valence-corrected chi connectivity index (χ4v) is 4.81. The van der Waals surface area contributed by atoms with Crippen LogP contribution >= 0.6 is 34.3 Å². The molecule has 0 N–H and O–H groups in total.